The van der Waals surface area contributed by atoms with Crippen molar-refractivity contribution in [3.8, 4) is 0 Å². The van der Waals surface area contributed by atoms with Crippen LogP contribution in [0.1, 0.15) is 46.1 Å². The third-order valence-corrected chi connectivity index (χ3v) is 6.60. The molecule has 8 nitrogen and oxygen atoms in total. The van der Waals surface area contributed by atoms with E-state index in [1.807, 2.05) is 62.4 Å². The number of alkyl carbamates (subject to hydrolysis) is 1. The van der Waals surface area contributed by atoms with Gasteiger partial charge in [0.15, 0.2) is 0 Å². The van der Waals surface area contributed by atoms with Crippen LogP contribution >= 0.6 is 0 Å². The number of carbonyl (C=O) groups is 3. The van der Waals surface area contributed by atoms with Gasteiger partial charge in [-0.3, -0.25) is 14.9 Å². The molecule has 3 amide bonds. The summed E-state index contributed by atoms with van der Waals surface area (Å²) in [6.45, 7) is 10.7. The van der Waals surface area contributed by atoms with E-state index in [0.717, 1.165) is 25.1 Å². The van der Waals surface area contributed by atoms with Crippen molar-refractivity contribution >= 4 is 29.3 Å². The highest BCUT2D eigenvalue weighted by Gasteiger charge is 2.52. The summed E-state index contributed by atoms with van der Waals surface area (Å²) in [5.41, 5.74) is 0.170. The number of carbonyl (C=O) groups excluding carboxylic acids is 3. The van der Waals surface area contributed by atoms with Gasteiger partial charge in [0.2, 0.25) is 5.54 Å². The van der Waals surface area contributed by atoms with E-state index < -0.39 is 23.4 Å². The first-order valence-corrected chi connectivity index (χ1v) is 12.7. The van der Waals surface area contributed by atoms with Gasteiger partial charge in [0.05, 0.1) is 11.4 Å². The van der Waals surface area contributed by atoms with Gasteiger partial charge in [0, 0.05) is 19.5 Å². The van der Waals surface area contributed by atoms with Gasteiger partial charge in [0.25, 0.3) is 11.8 Å². The third-order valence-electron chi connectivity index (χ3n) is 6.60. The Morgan fingerprint density at radius 2 is 1.72 bits per heavy atom. The summed E-state index contributed by atoms with van der Waals surface area (Å²) in [5, 5.41) is 5.62. The fourth-order valence-corrected chi connectivity index (χ4v) is 4.28. The van der Waals surface area contributed by atoms with E-state index in [1.165, 1.54) is 0 Å². The van der Waals surface area contributed by atoms with Crippen LogP contribution in [-0.2, 0) is 20.9 Å². The van der Waals surface area contributed by atoms with Gasteiger partial charge >= 0.3 is 6.09 Å². The normalized spacial score (nSPS) is 17.6. The van der Waals surface area contributed by atoms with Crippen LogP contribution in [0, 0.1) is 5.92 Å². The lowest BCUT2D eigenvalue weighted by Gasteiger charge is -2.35. The molecule has 1 aliphatic rings. The number of hydrogen-bond donors (Lipinski definition) is 2. The second-order valence-electron chi connectivity index (χ2n) is 9.48. The SMILES string of the molecule is CCN(CC)CCC1(NC(=O)OCc2ccccc2)C(=O)Nc2ccccc2N(CCC(C)C)C1=O. The van der Waals surface area contributed by atoms with Crippen LogP contribution in [0.4, 0.5) is 16.2 Å². The molecule has 0 aromatic heterocycles. The number of rotatable bonds is 11. The van der Waals surface area contributed by atoms with Crippen LogP contribution in [0.2, 0.25) is 0 Å². The Balaban J connectivity index is 1.96. The highest BCUT2D eigenvalue weighted by atomic mass is 16.5. The molecule has 8 heteroatoms. The molecule has 2 aromatic carbocycles. The standard InChI is InChI=1S/C28H38N4O4/c1-5-31(6-2)19-17-28(30-27(35)36-20-22-12-8-7-9-13-22)25(33)29-23-14-10-11-15-24(23)32(26(28)34)18-16-21(3)4/h7-15,21H,5-6,16-20H2,1-4H3,(H,29,33)(H,30,35). The maximum Gasteiger partial charge on any atom is 0.408 e. The van der Waals surface area contributed by atoms with Crippen molar-refractivity contribution in [3.05, 3.63) is 60.2 Å². The highest BCUT2D eigenvalue weighted by Crippen LogP contribution is 2.34. The van der Waals surface area contributed by atoms with E-state index in [1.54, 1.807) is 11.0 Å². The zero-order valence-corrected chi connectivity index (χ0v) is 21.8. The molecule has 1 heterocycles. The minimum Gasteiger partial charge on any atom is -0.445 e. The van der Waals surface area contributed by atoms with Crippen molar-refractivity contribution in [2.45, 2.75) is 52.7 Å². The lowest BCUT2D eigenvalue weighted by atomic mass is 9.91. The Bertz CT molecular complexity index is 1040. The largest absolute Gasteiger partial charge is 0.445 e. The molecule has 194 valence electrons. The molecule has 0 saturated heterocycles. The zero-order valence-electron chi connectivity index (χ0n) is 21.8. The molecule has 0 bridgehead atoms. The summed E-state index contributed by atoms with van der Waals surface area (Å²) in [6, 6.07) is 16.5. The van der Waals surface area contributed by atoms with Gasteiger partial charge in [0.1, 0.15) is 6.61 Å². The number of anilines is 2. The number of nitrogens with zero attached hydrogens (tertiary/aromatic N) is 2. The average Bonchev–Trinajstić information content (AvgIpc) is 2.96. The van der Waals surface area contributed by atoms with Crippen LogP contribution in [0.5, 0.6) is 0 Å². The molecule has 0 fully saturated rings. The van der Waals surface area contributed by atoms with E-state index in [2.05, 4.69) is 29.4 Å². The Hall–Kier alpha value is -3.39. The van der Waals surface area contributed by atoms with Gasteiger partial charge in [-0.15, -0.1) is 0 Å². The topological polar surface area (TPSA) is 91.0 Å². The molecule has 3 rings (SSSR count). The van der Waals surface area contributed by atoms with Gasteiger partial charge < -0.3 is 19.9 Å². The van der Waals surface area contributed by atoms with Gasteiger partial charge in [-0.05, 0) is 43.1 Å². The number of hydrogen-bond acceptors (Lipinski definition) is 5. The summed E-state index contributed by atoms with van der Waals surface area (Å²) in [4.78, 5) is 44.8. The first-order valence-electron chi connectivity index (χ1n) is 12.7. The Morgan fingerprint density at radius 1 is 1.06 bits per heavy atom. The first kappa shape index (κ1) is 27.2. The summed E-state index contributed by atoms with van der Waals surface area (Å²) >= 11 is 0. The van der Waals surface area contributed by atoms with Crippen molar-refractivity contribution in [3.63, 3.8) is 0 Å². The molecule has 2 N–H and O–H groups in total. The van der Waals surface area contributed by atoms with Crippen molar-refractivity contribution in [2.75, 3.05) is 36.4 Å². The van der Waals surface area contributed by atoms with E-state index >= 15 is 0 Å². The fourth-order valence-electron chi connectivity index (χ4n) is 4.28. The van der Waals surface area contributed by atoms with Gasteiger partial charge in [-0.2, -0.15) is 0 Å². The average molecular weight is 495 g/mol. The molecule has 1 unspecified atom stereocenters. The number of para-hydroxylation sites is 2. The number of nitrogens with one attached hydrogen (secondary N) is 2. The van der Waals surface area contributed by atoms with Crippen LogP contribution in [-0.4, -0.2) is 54.5 Å². The summed E-state index contributed by atoms with van der Waals surface area (Å²) in [6.07, 6.45) is 0.0572. The molecular formula is C28H38N4O4. The van der Waals surface area contributed by atoms with E-state index in [4.69, 9.17) is 4.74 Å². The Labute approximate surface area is 214 Å². The third kappa shape index (κ3) is 6.43. The molecule has 0 saturated carbocycles. The van der Waals surface area contributed by atoms with Crippen molar-refractivity contribution in [2.24, 2.45) is 5.92 Å². The molecule has 1 atom stereocenters. The zero-order chi connectivity index (χ0) is 26.1. The quantitative estimate of drug-likeness (QED) is 0.452. The second-order valence-corrected chi connectivity index (χ2v) is 9.48. The molecule has 0 radical (unpaired) electrons. The van der Waals surface area contributed by atoms with Crippen molar-refractivity contribution in [1.29, 1.82) is 0 Å². The summed E-state index contributed by atoms with van der Waals surface area (Å²) in [7, 11) is 0. The van der Waals surface area contributed by atoms with Gasteiger partial charge in [-0.25, -0.2) is 4.79 Å². The number of benzene rings is 2. The molecular weight excluding hydrogens is 456 g/mol. The summed E-state index contributed by atoms with van der Waals surface area (Å²) in [5.74, 6) is -0.657. The molecule has 0 spiro atoms. The monoisotopic (exact) mass is 494 g/mol. The van der Waals surface area contributed by atoms with Crippen LogP contribution in [0.3, 0.4) is 0 Å². The minimum atomic E-state index is -1.81. The summed E-state index contributed by atoms with van der Waals surface area (Å²) < 4.78 is 5.45. The van der Waals surface area contributed by atoms with Crippen LogP contribution in [0.25, 0.3) is 0 Å². The number of fused-ring (bicyclic) bond motifs is 1. The smallest absolute Gasteiger partial charge is 0.408 e. The molecule has 0 aliphatic carbocycles. The number of ether oxygens (including phenoxy) is 1. The predicted octanol–water partition coefficient (Wildman–Crippen LogP) is 4.41. The fraction of sp³-hybridized carbons (Fsp3) is 0.464. The maximum absolute atomic E-state index is 14.2. The maximum atomic E-state index is 14.2. The molecule has 36 heavy (non-hydrogen) atoms. The first-order chi connectivity index (χ1) is 17.3. The second kappa shape index (κ2) is 12.5. The predicted molar refractivity (Wildman–Crippen MR) is 142 cm³/mol. The van der Waals surface area contributed by atoms with Gasteiger partial charge in [-0.1, -0.05) is 70.2 Å². The lowest BCUT2D eigenvalue weighted by molar-refractivity contribution is -0.134. The minimum absolute atomic E-state index is 0.0336. The highest BCUT2D eigenvalue weighted by molar-refractivity contribution is 6.24. The Kier molecular flexibility index (Phi) is 9.47. The molecule has 1 aliphatic heterocycles. The van der Waals surface area contributed by atoms with Crippen molar-refractivity contribution < 1.29 is 19.1 Å². The van der Waals surface area contributed by atoms with E-state index in [-0.39, 0.29) is 13.0 Å². The van der Waals surface area contributed by atoms with Crippen molar-refractivity contribution in [1.82, 2.24) is 10.2 Å². The lowest BCUT2D eigenvalue weighted by Crippen LogP contribution is -2.66. The van der Waals surface area contributed by atoms with Crippen LogP contribution < -0.4 is 15.5 Å². The van der Waals surface area contributed by atoms with E-state index in [0.29, 0.717) is 30.4 Å². The van der Waals surface area contributed by atoms with E-state index in [9.17, 15) is 14.4 Å². The Morgan fingerprint density at radius 3 is 2.39 bits per heavy atom. The number of amides is 3. The van der Waals surface area contributed by atoms with Crippen LogP contribution in [0.15, 0.2) is 54.6 Å². The molecule has 2 aromatic rings.